The first-order valence-electron chi connectivity index (χ1n) is 12.3. The number of hydrogen-bond donors (Lipinski definition) is 0. The summed E-state index contributed by atoms with van der Waals surface area (Å²) in [4.78, 5) is 52.0. The van der Waals surface area contributed by atoms with Gasteiger partial charge in [0.25, 0.3) is 11.8 Å². The number of hydrogen-bond acceptors (Lipinski definition) is 6. The van der Waals surface area contributed by atoms with Crippen molar-refractivity contribution in [1.82, 2.24) is 4.90 Å². The molecule has 4 bridgehead atoms. The van der Waals surface area contributed by atoms with Gasteiger partial charge in [0.1, 0.15) is 5.60 Å². The van der Waals surface area contributed by atoms with Crippen molar-refractivity contribution in [2.24, 2.45) is 17.8 Å². The van der Waals surface area contributed by atoms with Gasteiger partial charge in [0.05, 0.1) is 28.7 Å². The third-order valence-corrected chi connectivity index (χ3v) is 8.30. The van der Waals surface area contributed by atoms with Crippen molar-refractivity contribution < 1.29 is 58.6 Å². The van der Waals surface area contributed by atoms with E-state index in [1.54, 1.807) is 30.3 Å². The predicted molar refractivity (Wildman–Crippen MR) is 122 cm³/mol. The second kappa shape index (κ2) is 9.43. The molecular weight excluding hydrogens is 469 g/mol. The van der Waals surface area contributed by atoms with Crippen LogP contribution in [0.3, 0.4) is 0 Å². The molecule has 0 radical (unpaired) electrons. The fourth-order valence-electron chi connectivity index (χ4n) is 7.20. The quantitative estimate of drug-likeness (QED) is 0.312. The molecule has 0 N–H and O–H groups in total. The number of benzene rings is 2. The third kappa shape index (κ3) is 4.31. The molecule has 0 spiro atoms. The Morgan fingerprint density at radius 3 is 2.08 bits per heavy atom. The summed E-state index contributed by atoms with van der Waals surface area (Å²) < 4.78 is 6.10. The van der Waals surface area contributed by atoms with Crippen molar-refractivity contribution in [3.8, 4) is 0 Å². The van der Waals surface area contributed by atoms with Crippen LogP contribution in [0.4, 0.5) is 0 Å². The van der Waals surface area contributed by atoms with E-state index < -0.39 is 35.4 Å². The normalized spacial score (nSPS) is 28.4. The monoisotopic (exact) mass is 495 g/mol. The Morgan fingerprint density at radius 2 is 1.50 bits per heavy atom. The van der Waals surface area contributed by atoms with Crippen LogP contribution >= 0.6 is 0 Å². The molecule has 8 heteroatoms. The maximum atomic E-state index is 13.2. The largest absolute Gasteiger partial charge is 1.00 e. The standard InChI is InChI=1S/C28H27NO6.Na/c30-24-21-7-6-20(27(34)35-28-13-17-8-18(14-28)10-19(9-17)15-28)12-22(21)25(31)29(24)23(26(32)33)11-16-4-2-1-3-5-16;/h1-7,12,17-19,23H,8-11,13-15H2,(H,32,33);/q;+1/p-1. The number of fused-ring (bicyclic) bond motifs is 1. The summed E-state index contributed by atoms with van der Waals surface area (Å²) in [7, 11) is 0. The van der Waals surface area contributed by atoms with E-state index >= 15 is 0 Å². The van der Waals surface area contributed by atoms with Crippen molar-refractivity contribution in [2.75, 3.05) is 0 Å². The summed E-state index contributed by atoms with van der Waals surface area (Å²) in [5.74, 6) is -1.58. The van der Waals surface area contributed by atoms with Gasteiger partial charge >= 0.3 is 35.5 Å². The van der Waals surface area contributed by atoms with Crippen LogP contribution < -0.4 is 34.7 Å². The van der Waals surface area contributed by atoms with E-state index in [2.05, 4.69) is 0 Å². The van der Waals surface area contributed by atoms with Crippen molar-refractivity contribution >= 4 is 23.8 Å². The molecule has 1 atom stereocenters. The first kappa shape index (κ1) is 25.2. The second-order valence-corrected chi connectivity index (χ2v) is 10.8. The smallest absolute Gasteiger partial charge is 0.548 e. The fourth-order valence-corrected chi connectivity index (χ4v) is 7.20. The number of aliphatic carboxylic acids is 1. The Hall–Kier alpha value is -2.48. The molecule has 2 amide bonds. The number of ether oxygens (including phenoxy) is 1. The number of rotatable bonds is 6. The van der Waals surface area contributed by atoms with Gasteiger partial charge in [-0.25, -0.2) is 4.79 Å². The van der Waals surface area contributed by atoms with Crippen LogP contribution in [-0.2, 0) is 16.0 Å². The van der Waals surface area contributed by atoms with E-state index in [9.17, 15) is 24.3 Å². The first-order chi connectivity index (χ1) is 16.8. The summed E-state index contributed by atoms with van der Waals surface area (Å²) >= 11 is 0. The number of carbonyl (C=O) groups excluding carboxylic acids is 4. The first-order valence-corrected chi connectivity index (χ1v) is 12.3. The molecule has 7 nitrogen and oxygen atoms in total. The van der Waals surface area contributed by atoms with E-state index in [-0.39, 0.29) is 52.7 Å². The maximum Gasteiger partial charge on any atom is 1.00 e. The molecule has 0 aromatic heterocycles. The van der Waals surface area contributed by atoms with Gasteiger partial charge in [0, 0.05) is 0 Å². The summed E-state index contributed by atoms with van der Waals surface area (Å²) in [6.45, 7) is 0. The van der Waals surface area contributed by atoms with Gasteiger partial charge in [-0.05, 0) is 86.5 Å². The zero-order valence-corrected chi connectivity index (χ0v) is 22.3. The van der Waals surface area contributed by atoms with Crippen LogP contribution in [0, 0.1) is 17.8 Å². The van der Waals surface area contributed by atoms with Gasteiger partial charge in [0.15, 0.2) is 0 Å². The molecule has 1 aliphatic heterocycles. The molecule has 2 aromatic rings. The second-order valence-electron chi connectivity index (χ2n) is 10.8. The molecule has 5 aliphatic rings. The van der Waals surface area contributed by atoms with E-state index in [0.29, 0.717) is 23.3 Å². The molecule has 36 heavy (non-hydrogen) atoms. The van der Waals surface area contributed by atoms with Crippen LogP contribution in [0.1, 0.15) is 75.2 Å². The van der Waals surface area contributed by atoms with Gasteiger partial charge in [-0.1, -0.05) is 30.3 Å². The van der Waals surface area contributed by atoms with Gasteiger partial charge in [-0.3, -0.25) is 14.5 Å². The number of imide groups is 1. The minimum Gasteiger partial charge on any atom is -0.548 e. The molecule has 1 unspecified atom stereocenters. The van der Waals surface area contributed by atoms with Gasteiger partial charge < -0.3 is 14.6 Å². The van der Waals surface area contributed by atoms with Crippen molar-refractivity contribution in [2.45, 2.75) is 56.6 Å². The summed E-state index contributed by atoms with van der Waals surface area (Å²) in [6.07, 6.45) is 6.31. The molecule has 4 fully saturated rings. The molecule has 0 saturated heterocycles. The van der Waals surface area contributed by atoms with Crippen molar-refractivity contribution in [1.29, 1.82) is 0 Å². The Morgan fingerprint density at radius 1 is 0.917 bits per heavy atom. The number of esters is 1. The van der Waals surface area contributed by atoms with Crippen LogP contribution in [0.5, 0.6) is 0 Å². The molecule has 1 heterocycles. The Kier molecular flexibility index (Phi) is 6.60. The Bertz CT molecular complexity index is 1210. The van der Waals surface area contributed by atoms with Crippen LogP contribution in [0.2, 0.25) is 0 Å². The molecular formula is C28H26NNaO6. The number of carboxylic acid groups (broad SMARTS) is 1. The van der Waals surface area contributed by atoms with E-state index in [1.165, 1.54) is 37.5 Å². The van der Waals surface area contributed by atoms with Gasteiger partial charge in [0.2, 0.25) is 0 Å². The average Bonchev–Trinajstić information content (AvgIpc) is 3.06. The van der Waals surface area contributed by atoms with E-state index in [4.69, 9.17) is 4.74 Å². The third-order valence-electron chi connectivity index (χ3n) is 8.30. The predicted octanol–water partition coefficient (Wildman–Crippen LogP) is -0.227. The SMILES string of the molecule is O=C(OC12CC3CC(CC(C3)C1)C2)c1ccc2c(c1)C(=O)N(C(Cc1ccccc1)C(=O)[O-])C2=O.[Na+]. The molecule has 7 rings (SSSR count). The number of nitrogens with zero attached hydrogens (tertiary/aromatic N) is 1. The molecule has 4 saturated carbocycles. The minimum absolute atomic E-state index is 0. The fraction of sp³-hybridized carbons (Fsp3) is 0.429. The topological polar surface area (TPSA) is 104 Å². The molecule has 2 aromatic carbocycles. The number of carbonyl (C=O) groups is 4. The maximum absolute atomic E-state index is 13.2. The summed E-state index contributed by atoms with van der Waals surface area (Å²) in [5.41, 5.74) is 0.551. The zero-order valence-electron chi connectivity index (χ0n) is 20.3. The van der Waals surface area contributed by atoms with Crippen molar-refractivity contribution in [3.63, 3.8) is 0 Å². The van der Waals surface area contributed by atoms with Crippen LogP contribution in [-0.4, -0.2) is 40.3 Å². The van der Waals surface area contributed by atoms with Crippen molar-refractivity contribution in [3.05, 3.63) is 70.8 Å². The van der Waals surface area contributed by atoms with E-state index in [1.807, 2.05) is 0 Å². The zero-order chi connectivity index (χ0) is 24.3. The van der Waals surface area contributed by atoms with Crippen LogP contribution in [0.25, 0.3) is 0 Å². The van der Waals surface area contributed by atoms with Crippen LogP contribution in [0.15, 0.2) is 48.5 Å². The molecule has 4 aliphatic carbocycles. The number of amides is 2. The Balaban J connectivity index is 0.00000267. The summed E-state index contributed by atoms with van der Waals surface area (Å²) in [6, 6.07) is 11.6. The average molecular weight is 496 g/mol. The Labute approximate surface area is 231 Å². The van der Waals surface area contributed by atoms with Gasteiger partial charge in [-0.15, -0.1) is 0 Å². The number of carboxylic acids is 1. The minimum atomic E-state index is -1.51. The van der Waals surface area contributed by atoms with E-state index in [0.717, 1.165) is 24.2 Å². The summed E-state index contributed by atoms with van der Waals surface area (Å²) in [5, 5.41) is 11.9. The van der Waals surface area contributed by atoms with Gasteiger partial charge in [-0.2, -0.15) is 0 Å². The molecule has 180 valence electrons.